The van der Waals surface area contributed by atoms with Gasteiger partial charge in [0, 0.05) is 28.9 Å². The van der Waals surface area contributed by atoms with Crippen LogP contribution in [0.3, 0.4) is 0 Å². The third-order valence-electron chi connectivity index (χ3n) is 2.68. The van der Waals surface area contributed by atoms with Crippen LogP contribution in [-0.2, 0) is 6.42 Å². The second-order valence-electron chi connectivity index (χ2n) is 3.99. The van der Waals surface area contributed by atoms with Gasteiger partial charge in [0.15, 0.2) is 0 Å². The first kappa shape index (κ1) is 12.8. The van der Waals surface area contributed by atoms with E-state index in [1.165, 1.54) is 0 Å². The average molecular weight is 308 g/mol. The molecule has 0 unspecified atom stereocenters. The number of hydrogen-bond acceptors (Lipinski definition) is 2. The zero-order chi connectivity index (χ0) is 13.1. The van der Waals surface area contributed by atoms with Crippen LogP contribution >= 0.6 is 15.9 Å². The number of benzene rings is 1. The first-order valence-electron chi connectivity index (χ1n) is 5.75. The molecule has 4 nitrogen and oxygen atoms in total. The molecule has 18 heavy (non-hydrogen) atoms. The number of nitrogens with two attached hydrogens (primary N) is 1. The van der Waals surface area contributed by atoms with Gasteiger partial charge >= 0.3 is 0 Å². The van der Waals surface area contributed by atoms with Gasteiger partial charge in [-0.3, -0.25) is 4.79 Å². The van der Waals surface area contributed by atoms with Gasteiger partial charge in [-0.25, -0.2) is 4.98 Å². The van der Waals surface area contributed by atoms with Crippen molar-refractivity contribution in [3.63, 3.8) is 0 Å². The number of aromatic nitrogens is 2. The SMILES string of the molecule is CCCc1nccn1-c1ccc(C(N)=O)cc1Br. The molecule has 2 aromatic rings. The highest BCUT2D eigenvalue weighted by atomic mass is 79.9. The fourth-order valence-electron chi connectivity index (χ4n) is 1.82. The Morgan fingerprint density at radius 2 is 2.28 bits per heavy atom. The average Bonchev–Trinajstić information content (AvgIpc) is 2.77. The Balaban J connectivity index is 2.44. The van der Waals surface area contributed by atoms with Gasteiger partial charge in [-0.05, 0) is 40.5 Å². The van der Waals surface area contributed by atoms with Crippen LogP contribution in [0.4, 0.5) is 0 Å². The Hall–Kier alpha value is -1.62. The van der Waals surface area contributed by atoms with Crippen LogP contribution in [0.2, 0.25) is 0 Å². The van der Waals surface area contributed by atoms with Gasteiger partial charge in [0.05, 0.1) is 5.69 Å². The van der Waals surface area contributed by atoms with Crippen LogP contribution in [0, 0.1) is 0 Å². The molecule has 5 heteroatoms. The first-order valence-corrected chi connectivity index (χ1v) is 6.54. The molecule has 1 aromatic heterocycles. The molecule has 2 N–H and O–H groups in total. The highest BCUT2D eigenvalue weighted by Crippen LogP contribution is 2.24. The number of carbonyl (C=O) groups is 1. The molecule has 0 saturated carbocycles. The maximum absolute atomic E-state index is 11.1. The molecule has 0 spiro atoms. The molecule has 0 fully saturated rings. The number of hydrogen-bond donors (Lipinski definition) is 1. The minimum atomic E-state index is -0.429. The van der Waals surface area contributed by atoms with Crippen molar-refractivity contribution in [3.8, 4) is 5.69 Å². The van der Waals surface area contributed by atoms with Crippen molar-refractivity contribution in [2.45, 2.75) is 19.8 Å². The second-order valence-corrected chi connectivity index (χ2v) is 4.85. The molecular weight excluding hydrogens is 294 g/mol. The van der Waals surface area contributed by atoms with Crippen LogP contribution in [0.25, 0.3) is 5.69 Å². The van der Waals surface area contributed by atoms with Crippen molar-refractivity contribution < 1.29 is 4.79 Å². The number of carbonyl (C=O) groups excluding carboxylic acids is 1. The van der Waals surface area contributed by atoms with E-state index in [0.29, 0.717) is 5.56 Å². The van der Waals surface area contributed by atoms with Crippen molar-refractivity contribution in [1.29, 1.82) is 0 Å². The van der Waals surface area contributed by atoms with Crippen LogP contribution in [0.15, 0.2) is 35.1 Å². The van der Waals surface area contributed by atoms with Crippen LogP contribution in [0.1, 0.15) is 29.5 Å². The molecule has 0 radical (unpaired) electrons. The molecule has 0 atom stereocenters. The smallest absolute Gasteiger partial charge is 0.248 e. The summed E-state index contributed by atoms with van der Waals surface area (Å²) in [5.41, 5.74) is 6.70. The van der Waals surface area contributed by atoms with Gasteiger partial charge in [-0.1, -0.05) is 6.92 Å². The monoisotopic (exact) mass is 307 g/mol. The normalized spacial score (nSPS) is 10.6. The Kier molecular flexibility index (Phi) is 3.81. The lowest BCUT2D eigenvalue weighted by atomic mass is 10.2. The summed E-state index contributed by atoms with van der Waals surface area (Å²) >= 11 is 3.47. The molecule has 1 heterocycles. The highest BCUT2D eigenvalue weighted by molar-refractivity contribution is 9.10. The summed E-state index contributed by atoms with van der Waals surface area (Å²) in [5, 5.41) is 0. The maximum Gasteiger partial charge on any atom is 0.248 e. The summed E-state index contributed by atoms with van der Waals surface area (Å²) in [7, 11) is 0. The topological polar surface area (TPSA) is 60.9 Å². The highest BCUT2D eigenvalue weighted by Gasteiger charge is 2.09. The van der Waals surface area contributed by atoms with E-state index in [1.807, 2.05) is 16.8 Å². The predicted octanol–water partition coefficient (Wildman–Crippen LogP) is 2.69. The fraction of sp³-hybridized carbons (Fsp3) is 0.231. The van der Waals surface area contributed by atoms with E-state index in [2.05, 4.69) is 27.8 Å². The third kappa shape index (κ3) is 2.46. The number of aryl methyl sites for hydroxylation is 1. The van der Waals surface area contributed by atoms with Crippen molar-refractivity contribution in [2.24, 2.45) is 5.73 Å². The number of rotatable bonds is 4. The van der Waals surface area contributed by atoms with Crippen LogP contribution < -0.4 is 5.73 Å². The van der Waals surface area contributed by atoms with Gasteiger partial charge in [-0.15, -0.1) is 0 Å². The van der Waals surface area contributed by atoms with E-state index in [9.17, 15) is 4.79 Å². The first-order chi connectivity index (χ1) is 8.63. The Morgan fingerprint density at radius 3 is 2.89 bits per heavy atom. The largest absolute Gasteiger partial charge is 0.366 e. The molecule has 0 aliphatic rings. The van der Waals surface area contributed by atoms with Crippen molar-refractivity contribution in [1.82, 2.24) is 9.55 Å². The lowest BCUT2D eigenvalue weighted by molar-refractivity contribution is 0.100. The second kappa shape index (κ2) is 5.35. The number of primary amides is 1. The molecule has 0 aliphatic heterocycles. The standard InChI is InChI=1S/C13H14BrN3O/c1-2-3-12-16-6-7-17(12)11-5-4-9(13(15)18)8-10(11)14/h4-8H,2-3H2,1H3,(H2,15,18). The summed E-state index contributed by atoms with van der Waals surface area (Å²) in [5.74, 6) is 0.576. The van der Waals surface area contributed by atoms with Gasteiger partial charge in [0.25, 0.3) is 0 Å². The maximum atomic E-state index is 11.1. The number of amides is 1. The Bertz CT molecular complexity index is 577. The van der Waals surface area contributed by atoms with Crippen LogP contribution in [-0.4, -0.2) is 15.5 Å². The van der Waals surface area contributed by atoms with E-state index in [1.54, 1.807) is 18.3 Å². The van der Waals surface area contributed by atoms with Crippen LogP contribution in [0.5, 0.6) is 0 Å². The summed E-state index contributed by atoms with van der Waals surface area (Å²) in [4.78, 5) is 15.4. The van der Waals surface area contributed by atoms with Crippen molar-refractivity contribution in [2.75, 3.05) is 0 Å². The summed E-state index contributed by atoms with van der Waals surface area (Å²) in [6, 6.07) is 5.32. The zero-order valence-corrected chi connectivity index (χ0v) is 11.6. The summed E-state index contributed by atoms with van der Waals surface area (Å²) < 4.78 is 2.84. The van der Waals surface area contributed by atoms with E-state index < -0.39 is 5.91 Å². The number of nitrogens with zero attached hydrogens (tertiary/aromatic N) is 2. The molecule has 1 aromatic carbocycles. The van der Waals surface area contributed by atoms with Gasteiger partial charge in [-0.2, -0.15) is 0 Å². The molecule has 0 bridgehead atoms. The molecule has 0 aliphatic carbocycles. The molecule has 94 valence electrons. The number of imidazole rings is 1. The summed E-state index contributed by atoms with van der Waals surface area (Å²) in [6.45, 7) is 2.12. The van der Waals surface area contributed by atoms with E-state index in [0.717, 1.165) is 28.8 Å². The lowest BCUT2D eigenvalue weighted by Gasteiger charge is -2.10. The van der Waals surface area contributed by atoms with E-state index in [4.69, 9.17) is 5.73 Å². The van der Waals surface area contributed by atoms with Gasteiger partial charge in [0.1, 0.15) is 5.82 Å². The number of halogens is 1. The Morgan fingerprint density at radius 1 is 1.50 bits per heavy atom. The quantitative estimate of drug-likeness (QED) is 0.944. The van der Waals surface area contributed by atoms with E-state index in [-0.39, 0.29) is 0 Å². The van der Waals surface area contributed by atoms with Crippen molar-refractivity contribution in [3.05, 3.63) is 46.5 Å². The van der Waals surface area contributed by atoms with Crippen molar-refractivity contribution >= 4 is 21.8 Å². The lowest BCUT2D eigenvalue weighted by Crippen LogP contribution is -2.11. The zero-order valence-electron chi connectivity index (χ0n) is 10.1. The molecule has 2 rings (SSSR count). The van der Waals surface area contributed by atoms with E-state index >= 15 is 0 Å². The predicted molar refractivity (Wildman–Crippen MR) is 73.8 cm³/mol. The molecule has 1 amide bonds. The van der Waals surface area contributed by atoms with Gasteiger partial charge < -0.3 is 10.3 Å². The fourth-order valence-corrected chi connectivity index (χ4v) is 2.39. The third-order valence-corrected chi connectivity index (χ3v) is 3.32. The summed E-state index contributed by atoms with van der Waals surface area (Å²) in [6.07, 6.45) is 5.64. The molecular formula is C13H14BrN3O. The molecule has 0 saturated heterocycles. The minimum Gasteiger partial charge on any atom is -0.366 e. The Labute approximate surface area is 114 Å². The minimum absolute atomic E-state index is 0.429. The van der Waals surface area contributed by atoms with Gasteiger partial charge in [0.2, 0.25) is 5.91 Å².